The maximum absolute atomic E-state index is 14.0. The number of aromatic nitrogens is 2. The molecule has 0 spiro atoms. The van der Waals surface area contributed by atoms with Crippen LogP contribution in [0.2, 0.25) is 0 Å². The molecule has 2 aromatic heterocycles. The lowest BCUT2D eigenvalue weighted by molar-refractivity contribution is -0.121. The molecule has 3 aromatic rings. The third-order valence-corrected chi connectivity index (χ3v) is 4.84. The Labute approximate surface area is 157 Å². The van der Waals surface area contributed by atoms with E-state index in [1.807, 2.05) is 6.07 Å². The first-order chi connectivity index (χ1) is 13.5. The Morgan fingerprint density at radius 1 is 1.36 bits per heavy atom. The summed E-state index contributed by atoms with van der Waals surface area (Å²) in [6.45, 7) is 0. The number of carbonyl (C=O) groups excluding carboxylic acids is 1. The van der Waals surface area contributed by atoms with Crippen LogP contribution in [0, 0.1) is 23.0 Å². The third-order valence-electron chi connectivity index (χ3n) is 4.84. The molecule has 2 heterocycles. The lowest BCUT2D eigenvalue weighted by atomic mass is 10.1. The number of aromatic amines is 1. The summed E-state index contributed by atoms with van der Waals surface area (Å²) in [5.41, 5.74) is 1.74. The highest BCUT2D eigenvalue weighted by molar-refractivity contribution is 5.83. The molecule has 0 aliphatic heterocycles. The van der Waals surface area contributed by atoms with Crippen molar-refractivity contribution in [2.45, 2.75) is 25.3 Å². The molecule has 0 saturated carbocycles. The smallest absolute Gasteiger partial charge is 0.252 e. The third kappa shape index (κ3) is 3.11. The maximum Gasteiger partial charge on any atom is 0.252 e. The number of benzene rings is 1. The average Bonchev–Trinajstić information content (AvgIpc) is 3.08. The van der Waals surface area contributed by atoms with Crippen LogP contribution >= 0.6 is 0 Å². The number of nitriles is 1. The van der Waals surface area contributed by atoms with Crippen LogP contribution in [-0.4, -0.2) is 15.9 Å². The number of nitrogens with one attached hydrogen (secondary N) is 2. The number of halogens is 2. The number of hydrogen-bond donors (Lipinski definition) is 2. The topological polar surface area (TPSA) is 98.6 Å². The fraction of sp³-hybridized carbons (Fsp3) is 0.200. The van der Waals surface area contributed by atoms with Crippen LogP contribution in [0.4, 0.5) is 8.78 Å². The van der Waals surface area contributed by atoms with Gasteiger partial charge in [0, 0.05) is 17.1 Å². The van der Waals surface area contributed by atoms with Crippen LogP contribution in [0.25, 0.3) is 10.9 Å². The first-order valence-electron chi connectivity index (χ1n) is 8.64. The van der Waals surface area contributed by atoms with Crippen molar-refractivity contribution >= 4 is 16.8 Å². The van der Waals surface area contributed by atoms with Crippen LogP contribution in [0.15, 0.2) is 35.3 Å². The second-order valence-electron chi connectivity index (χ2n) is 6.66. The van der Waals surface area contributed by atoms with Crippen LogP contribution in [-0.2, 0) is 17.6 Å². The van der Waals surface area contributed by atoms with E-state index < -0.39 is 23.1 Å². The van der Waals surface area contributed by atoms with Crippen molar-refractivity contribution in [3.05, 3.63) is 74.8 Å². The number of nitrogens with zero attached hydrogens (tertiary/aromatic N) is 2. The van der Waals surface area contributed by atoms with E-state index in [0.717, 1.165) is 11.6 Å². The van der Waals surface area contributed by atoms with Crippen molar-refractivity contribution in [2.75, 3.05) is 0 Å². The number of aryl methyl sites for hydroxylation is 1. The maximum atomic E-state index is 14.0. The van der Waals surface area contributed by atoms with Gasteiger partial charge in [-0.25, -0.2) is 8.78 Å². The second kappa shape index (κ2) is 6.85. The summed E-state index contributed by atoms with van der Waals surface area (Å²) < 4.78 is 27.4. The van der Waals surface area contributed by atoms with Gasteiger partial charge in [0.15, 0.2) is 11.6 Å². The molecule has 1 aliphatic rings. The zero-order valence-corrected chi connectivity index (χ0v) is 14.6. The van der Waals surface area contributed by atoms with E-state index in [1.165, 1.54) is 18.3 Å². The fourth-order valence-electron chi connectivity index (χ4n) is 3.48. The number of fused-ring (bicyclic) bond motifs is 2. The summed E-state index contributed by atoms with van der Waals surface area (Å²) in [5.74, 6) is -2.52. The Morgan fingerprint density at radius 3 is 2.96 bits per heavy atom. The van der Waals surface area contributed by atoms with E-state index in [0.29, 0.717) is 24.1 Å². The van der Waals surface area contributed by atoms with Gasteiger partial charge < -0.3 is 10.3 Å². The molecule has 0 fully saturated rings. The average molecular weight is 380 g/mol. The van der Waals surface area contributed by atoms with Gasteiger partial charge in [0.05, 0.1) is 29.2 Å². The quantitative estimate of drug-likeness (QED) is 0.729. The molecular weight excluding hydrogens is 366 g/mol. The highest BCUT2D eigenvalue weighted by atomic mass is 19.2. The molecule has 1 amide bonds. The Balaban J connectivity index is 1.55. The molecule has 0 saturated heterocycles. The van der Waals surface area contributed by atoms with Crippen LogP contribution < -0.4 is 10.9 Å². The highest BCUT2D eigenvalue weighted by Gasteiger charge is 2.26. The van der Waals surface area contributed by atoms with Crippen LogP contribution in [0.1, 0.15) is 34.8 Å². The van der Waals surface area contributed by atoms with Gasteiger partial charge in [0.1, 0.15) is 6.07 Å². The SMILES string of the molecule is N#Cc1cnc2c(c1)CC[C@@H]2NC(=O)Cc1cc2c(F)c(F)ccc2[nH]c1=O. The summed E-state index contributed by atoms with van der Waals surface area (Å²) in [6, 6.07) is 6.87. The molecule has 140 valence electrons. The minimum Gasteiger partial charge on any atom is -0.347 e. The van der Waals surface area contributed by atoms with Crippen molar-refractivity contribution in [1.82, 2.24) is 15.3 Å². The summed E-state index contributed by atoms with van der Waals surface area (Å²) in [6.07, 6.45) is 2.50. The second-order valence-corrected chi connectivity index (χ2v) is 6.66. The lowest BCUT2D eigenvalue weighted by Gasteiger charge is -2.13. The van der Waals surface area contributed by atoms with Crippen molar-refractivity contribution in [1.29, 1.82) is 5.26 Å². The summed E-state index contributed by atoms with van der Waals surface area (Å²) in [5, 5.41) is 11.7. The summed E-state index contributed by atoms with van der Waals surface area (Å²) in [4.78, 5) is 31.3. The first kappa shape index (κ1) is 17.8. The van der Waals surface area contributed by atoms with Crippen LogP contribution in [0.5, 0.6) is 0 Å². The van der Waals surface area contributed by atoms with E-state index in [9.17, 15) is 18.4 Å². The first-order valence-corrected chi connectivity index (χ1v) is 8.64. The molecule has 0 unspecified atom stereocenters. The van der Waals surface area contributed by atoms with Gasteiger partial charge in [-0.2, -0.15) is 5.26 Å². The molecule has 1 aliphatic carbocycles. The molecule has 8 heteroatoms. The normalized spacial score (nSPS) is 15.2. The molecule has 6 nitrogen and oxygen atoms in total. The van der Waals surface area contributed by atoms with Crippen LogP contribution in [0.3, 0.4) is 0 Å². The number of pyridine rings is 2. The zero-order valence-electron chi connectivity index (χ0n) is 14.6. The molecule has 1 atom stereocenters. The Morgan fingerprint density at radius 2 is 2.18 bits per heavy atom. The van der Waals surface area contributed by atoms with Gasteiger partial charge in [-0.05, 0) is 42.7 Å². The molecule has 2 N–H and O–H groups in total. The molecule has 0 radical (unpaired) electrons. The number of carbonyl (C=O) groups is 1. The lowest BCUT2D eigenvalue weighted by Crippen LogP contribution is -2.31. The van der Waals surface area contributed by atoms with E-state index in [2.05, 4.69) is 15.3 Å². The minimum atomic E-state index is -1.07. The monoisotopic (exact) mass is 380 g/mol. The van der Waals surface area contributed by atoms with Crippen molar-refractivity contribution in [2.24, 2.45) is 0 Å². The Hall–Kier alpha value is -3.60. The summed E-state index contributed by atoms with van der Waals surface area (Å²) in [7, 11) is 0. The van der Waals surface area contributed by atoms with Gasteiger partial charge in [0.25, 0.3) is 5.56 Å². The van der Waals surface area contributed by atoms with Crippen molar-refractivity contribution < 1.29 is 13.6 Å². The number of H-pyrrole nitrogens is 1. The molecular formula is C20H14F2N4O2. The predicted octanol–water partition coefficient (Wildman–Crippen LogP) is 2.42. The predicted molar refractivity (Wildman–Crippen MR) is 96.3 cm³/mol. The van der Waals surface area contributed by atoms with Gasteiger partial charge in [-0.15, -0.1) is 0 Å². The Bertz CT molecular complexity index is 1210. The number of hydrogen-bond acceptors (Lipinski definition) is 4. The van der Waals surface area contributed by atoms with Crippen molar-refractivity contribution in [3.63, 3.8) is 0 Å². The van der Waals surface area contributed by atoms with E-state index in [-0.39, 0.29) is 28.9 Å². The van der Waals surface area contributed by atoms with Crippen molar-refractivity contribution in [3.8, 4) is 6.07 Å². The molecule has 1 aromatic carbocycles. The zero-order chi connectivity index (χ0) is 19.8. The van der Waals surface area contributed by atoms with Gasteiger partial charge in [-0.1, -0.05) is 0 Å². The van der Waals surface area contributed by atoms with Gasteiger partial charge >= 0.3 is 0 Å². The molecule has 4 rings (SSSR count). The number of amides is 1. The van der Waals surface area contributed by atoms with Gasteiger partial charge in [-0.3, -0.25) is 14.6 Å². The van der Waals surface area contributed by atoms with E-state index >= 15 is 0 Å². The Kier molecular flexibility index (Phi) is 4.35. The van der Waals surface area contributed by atoms with Gasteiger partial charge in [0.2, 0.25) is 5.91 Å². The fourth-order valence-corrected chi connectivity index (χ4v) is 3.48. The number of rotatable bonds is 3. The van der Waals surface area contributed by atoms with E-state index in [4.69, 9.17) is 5.26 Å². The van der Waals surface area contributed by atoms with E-state index in [1.54, 1.807) is 6.07 Å². The standard InChI is InChI=1S/C20H14F2N4O2/c21-14-2-4-15-13(18(14)22)6-12(20(28)26-15)7-17(27)25-16-3-1-11-5-10(8-23)9-24-19(11)16/h2,4-6,9,16H,1,3,7H2,(H,25,27)(H,26,28)/t16-/m0/s1. The molecule has 28 heavy (non-hydrogen) atoms. The largest absolute Gasteiger partial charge is 0.347 e. The highest BCUT2D eigenvalue weighted by Crippen LogP contribution is 2.29. The minimum absolute atomic E-state index is 0.0421. The molecule has 0 bridgehead atoms. The summed E-state index contributed by atoms with van der Waals surface area (Å²) >= 11 is 0.